The zero-order valence-corrected chi connectivity index (χ0v) is 21.3. The van der Waals surface area contributed by atoms with E-state index in [1.165, 1.54) is 6.92 Å². The number of aromatic hydroxyl groups is 1. The molecule has 0 aliphatic rings. The van der Waals surface area contributed by atoms with Crippen LogP contribution in [0.25, 0.3) is 10.8 Å². The second-order valence-electron chi connectivity index (χ2n) is 8.55. The summed E-state index contributed by atoms with van der Waals surface area (Å²) in [6, 6.07) is 14.4. The van der Waals surface area contributed by atoms with E-state index in [1.54, 1.807) is 18.2 Å². The lowest BCUT2D eigenvalue weighted by Gasteiger charge is -2.15. The number of hydrogen-bond acceptors (Lipinski definition) is 7. The van der Waals surface area contributed by atoms with Gasteiger partial charge in [0.05, 0.1) is 18.8 Å². The van der Waals surface area contributed by atoms with Crippen molar-refractivity contribution in [3.8, 4) is 23.0 Å². The van der Waals surface area contributed by atoms with Crippen LogP contribution in [0.5, 0.6) is 23.0 Å². The molecule has 3 aromatic carbocycles. The zero-order valence-electron chi connectivity index (χ0n) is 21.3. The normalized spacial score (nSPS) is 10.9. The number of phenols is 1. The van der Waals surface area contributed by atoms with Gasteiger partial charge in [-0.2, -0.15) is 0 Å². The summed E-state index contributed by atoms with van der Waals surface area (Å²) in [6.07, 6.45) is 2.85. The first kappa shape index (κ1) is 27.8. The van der Waals surface area contributed by atoms with Crippen molar-refractivity contribution in [3.63, 3.8) is 0 Å². The fourth-order valence-corrected chi connectivity index (χ4v) is 3.96. The first-order valence-corrected chi connectivity index (χ1v) is 12.5. The molecule has 0 saturated heterocycles. The van der Waals surface area contributed by atoms with Crippen LogP contribution >= 0.6 is 0 Å². The molecule has 37 heavy (non-hydrogen) atoms. The molecule has 0 radical (unpaired) electrons. The van der Waals surface area contributed by atoms with Gasteiger partial charge in [0.1, 0.15) is 23.0 Å². The van der Waals surface area contributed by atoms with Gasteiger partial charge in [-0.1, -0.05) is 37.6 Å². The van der Waals surface area contributed by atoms with Crippen molar-refractivity contribution in [1.29, 1.82) is 0 Å². The molecule has 0 heterocycles. The highest BCUT2D eigenvalue weighted by Crippen LogP contribution is 2.33. The first-order valence-electron chi connectivity index (χ1n) is 12.5. The predicted octanol–water partition coefficient (Wildman–Crippen LogP) is 5.42. The molecule has 0 fully saturated rings. The number of carboxylic acid groups (broad SMARTS) is 1. The number of rotatable bonds is 16. The number of fused-ring (bicyclic) bond motifs is 1. The lowest BCUT2D eigenvalue weighted by molar-refractivity contribution is -0.139. The second kappa shape index (κ2) is 14.1. The van der Waals surface area contributed by atoms with Crippen LogP contribution in [0.3, 0.4) is 0 Å². The molecule has 8 nitrogen and oxygen atoms in total. The van der Waals surface area contributed by atoms with Crippen molar-refractivity contribution in [1.82, 2.24) is 0 Å². The number of ether oxygens (including phenoxy) is 4. The van der Waals surface area contributed by atoms with E-state index in [2.05, 4.69) is 0 Å². The molecule has 0 amide bonds. The van der Waals surface area contributed by atoms with Gasteiger partial charge in [0.2, 0.25) is 0 Å². The molecule has 198 valence electrons. The Hall–Kier alpha value is -3.78. The molecule has 0 aliphatic heterocycles. The van der Waals surface area contributed by atoms with Gasteiger partial charge >= 0.3 is 5.97 Å². The third-order valence-corrected chi connectivity index (χ3v) is 5.69. The Morgan fingerprint density at radius 1 is 0.784 bits per heavy atom. The molecule has 0 bridgehead atoms. The number of benzene rings is 3. The molecule has 0 saturated carbocycles. The largest absolute Gasteiger partial charge is 0.507 e. The van der Waals surface area contributed by atoms with Gasteiger partial charge in [0.25, 0.3) is 0 Å². The Morgan fingerprint density at radius 2 is 1.38 bits per heavy atom. The maximum Gasteiger partial charge on any atom is 0.341 e. The highest BCUT2D eigenvalue weighted by molar-refractivity contribution is 5.97. The van der Waals surface area contributed by atoms with Crippen LogP contribution in [0.4, 0.5) is 0 Å². The van der Waals surface area contributed by atoms with E-state index in [0.717, 1.165) is 17.2 Å². The smallest absolute Gasteiger partial charge is 0.341 e. The summed E-state index contributed by atoms with van der Waals surface area (Å²) in [7, 11) is 0. The van der Waals surface area contributed by atoms with Crippen molar-refractivity contribution in [3.05, 3.63) is 59.7 Å². The number of hydrogen-bond donors (Lipinski definition) is 2. The summed E-state index contributed by atoms with van der Waals surface area (Å²) >= 11 is 0. The molecule has 3 aromatic rings. The van der Waals surface area contributed by atoms with Crippen molar-refractivity contribution in [2.75, 3.05) is 33.0 Å². The van der Waals surface area contributed by atoms with Gasteiger partial charge in [-0.3, -0.25) is 4.79 Å². The molecular formula is C29H34O8. The number of ketones is 1. The van der Waals surface area contributed by atoms with E-state index in [4.69, 9.17) is 24.1 Å². The van der Waals surface area contributed by atoms with E-state index in [1.807, 2.05) is 37.3 Å². The molecule has 3 rings (SSSR count). The Balaban J connectivity index is 1.39. The van der Waals surface area contributed by atoms with Crippen LogP contribution in [0.15, 0.2) is 48.5 Å². The van der Waals surface area contributed by atoms with Crippen LogP contribution in [0.2, 0.25) is 0 Å². The Kier molecular flexibility index (Phi) is 10.6. The number of Topliss-reactive ketones (excluding diaryl/α,β-unsaturated/α-hetero) is 1. The van der Waals surface area contributed by atoms with Gasteiger partial charge < -0.3 is 29.2 Å². The standard InChI is InChI=1S/C29H34O8/c1-3-8-24-27(14-13-21(20(2)30)29(24)33)36-18-7-16-34-15-6-17-35-25-11-4-10-23-22(25)9-5-12-26(23)37-19-28(31)32/h4-5,9-14,33H,3,6-8,15-19H2,1-2H3,(H,31,32). The summed E-state index contributed by atoms with van der Waals surface area (Å²) < 4.78 is 22.9. The molecule has 0 aliphatic carbocycles. The minimum atomic E-state index is -1.03. The Morgan fingerprint density at radius 3 is 1.95 bits per heavy atom. The highest BCUT2D eigenvalue weighted by atomic mass is 16.5. The second-order valence-corrected chi connectivity index (χ2v) is 8.55. The van der Waals surface area contributed by atoms with E-state index in [9.17, 15) is 14.7 Å². The molecular weight excluding hydrogens is 476 g/mol. The molecule has 8 heteroatoms. The number of aliphatic carboxylic acids is 1. The van der Waals surface area contributed by atoms with Crippen LogP contribution in [0, 0.1) is 0 Å². The maximum absolute atomic E-state index is 11.7. The number of carbonyl (C=O) groups is 2. The van der Waals surface area contributed by atoms with Crippen LogP contribution < -0.4 is 14.2 Å². The van der Waals surface area contributed by atoms with Crippen molar-refractivity contribution < 1.29 is 38.7 Å². The number of carbonyl (C=O) groups excluding carboxylic acids is 1. The Bertz CT molecular complexity index is 1200. The topological polar surface area (TPSA) is 112 Å². The van der Waals surface area contributed by atoms with Gasteiger partial charge in [-0.15, -0.1) is 0 Å². The SMILES string of the molecule is CCCc1c(OCCCOCCCOc2cccc3c(OCC(=O)O)cccc23)ccc(C(C)=O)c1O. The lowest BCUT2D eigenvalue weighted by Crippen LogP contribution is -2.09. The van der Waals surface area contributed by atoms with Crippen molar-refractivity contribution >= 4 is 22.5 Å². The first-order chi connectivity index (χ1) is 17.9. The van der Waals surface area contributed by atoms with Crippen LogP contribution in [0.1, 0.15) is 49.0 Å². The van der Waals surface area contributed by atoms with Crippen LogP contribution in [-0.2, 0) is 16.0 Å². The third kappa shape index (κ3) is 7.85. The highest BCUT2D eigenvalue weighted by Gasteiger charge is 2.15. The summed E-state index contributed by atoms with van der Waals surface area (Å²) in [5, 5.41) is 20.9. The summed E-state index contributed by atoms with van der Waals surface area (Å²) in [5.41, 5.74) is 0.985. The van der Waals surface area contributed by atoms with Gasteiger partial charge in [0, 0.05) is 42.4 Å². The van der Waals surface area contributed by atoms with Crippen molar-refractivity contribution in [2.24, 2.45) is 0 Å². The predicted molar refractivity (Wildman–Crippen MR) is 140 cm³/mol. The zero-order chi connectivity index (χ0) is 26.6. The van der Waals surface area contributed by atoms with E-state index in [-0.39, 0.29) is 11.5 Å². The average molecular weight is 511 g/mol. The molecule has 0 spiro atoms. The summed E-state index contributed by atoms with van der Waals surface area (Å²) in [4.78, 5) is 22.5. The van der Waals surface area contributed by atoms with Gasteiger partial charge in [-0.25, -0.2) is 4.79 Å². The fraction of sp³-hybridized carbons (Fsp3) is 0.379. The minimum Gasteiger partial charge on any atom is -0.507 e. The monoisotopic (exact) mass is 510 g/mol. The third-order valence-electron chi connectivity index (χ3n) is 5.69. The lowest BCUT2D eigenvalue weighted by atomic mass is 10.0. The van der Waals surface area contributed by atoms with Gasteiger partial charge in [0.15, 0.2) is 12.4 Å². The van der Waals surface area contributed by atoms with Crippen LogP contribution in [-0.4, -0.2) is 55.0 Å². The quantitative estimate of drug-likeness (QED) is 0.194. The number of phenolic OH excluding ortho intramolecular Hbond substituents is 1. The molecule has 0 aromatic heterocycles. The maximum atomic E-state index is 11.7. The van der Waals surface area contributed by atoms with E-state index < -0.39 is 12.6 Å². The van der Waals surface area contributed by atoms with E-state index in [0.29, 0.717) is 74.1 Å². The van der Waals surface area contributed by atoms with Crippen molar-refractivity contribution in [2.45, 2.75) is 39.5 Å². The van der Waals surface area contributed by atoms with Gasteiger partial charge in [-0.05, 0) is 37.6 Å². The number of carboxylic acids is 1. The minimum absolute atomic E-state index is 0.0123. The Labute approximate surface area is 216 Å². The molecule has 0 atom stereocenters. The molecule has 2 N–H and O–H groups in total. The summed E-state index contributed by atoms with van der Waals surface area (Å²) in [6.45, 7) is 5.01. The van der Waals surface area contributed by atoms with E-state index >= 15 is 0 Å². The molecule has 0 unspecified atom stereocenters. The average Bonchev–Trinajstić information content (AvgIpc) is 2.88. The summed E-state index contributed by atoms with van der Waals surface area (Å²) in [5.74, 6) is 0.618. The fourth-order valence-electron chi connectivity index (χ4n) is 3.96.